The zero-order valence-corrected chi connectivity index (χ0v) is 22.1. The average molecular weight is 528 g/mol. The summed E-state index contributed by atoms with van der Waals surface area (Å²) in [7, 11) is 1.56. The molecule has 1 N–H and O–H groups in total. The Balaban J connectivity index is 1.35. The van der Waals surface area contributed by atoms with Gasteiger partial charge in [0.15, 0.2) is 0 Å². The van der Waals surface area contributed by atoms with E-state index in [9.17, 15) is 9.90 Å². The Labute approximate surface area is 222 Å². The predicted octanol–water partition coefficient (Wildman–Crippen LogP) is 6.66. The number of carboxylic acid groups (broad SMARTS) is 1. The Bertz CT molecular complexity index is 1190. The van der Waals surface area contributed by atoms with Crippen molar-refractivity contribution in [3.05, 3.63) is 65.1 Å². The molecule has 0 spiro atoms. The van der Waals surface area contributed by atoms with Crippen LogP contribution in [0.25, 0.3) is 10.9 Å². The van der Waals surface area contributed by atoms with Crippen LogP contribution in [0.1, 0.15) is 62.4 Å². The molecule has 0 radical (unpaired) electrons. The first-order valence-electron chi connectivity index (χ1n) is 13.0. The highest BCUT2D eigenvalue weighted by atomic mass is 35.5. The number of hydrogen-bond donors (Lipinski definition) is 1. The molecule has 6 nitrogen and oxygen atoms in total. The van der Waals surface area contributed by atoms with E-state index in [1.807, 2.05) is 18.3 Å². The van der Waals surface area contributed by atoms with Crippen LogP contribution in [0.2, 0.25) is 5.02 Å². The molecule has 1 atom stereocenters. The molecular weight excluding hydrogens is 493 g/mol. The molecule has 1 aromatic carbocycles. The quantitative estimate of drug-likeness (QED) is 0.265. The van der Waals surface area contributed by atoms with Gasteiger partial charge in [-0.05, 0) is 100 Å². The van der Waals surface area contributed by atoms with Crippen molar-refractivity contribution in [2.75, 3.05) is 26.7 Å². The first-order chi connectivity index (χ1) is 17.9. The molecule has 37 heavy (non-hydrogen) atoms. The molecule has 1 aliphatic rings. The maximum atomic E-state index is 15.7. The fourth-order valence-electron chi connectivity index (χ4n) is 5.46. The largest absolute Gasteiger partial charge is 0.497 e. The first-order valence-corrected chi connectivity index (χ1v) is 13.4. The zero-order valence-electron chi connectivity index (χ0n) is 21.3. The molecule has 1 unspecified atom stereocenters. The zero-order chi connectivity index (χ0) is 26.3. The number of alkyl halides is 1. The van der Waals surface area contributed by atoms with E-state index in [0.29, 0.717) is 28.6 Å². The minimum absolute atomic E-state index is 0.0614. The van der Waals surface area contributed by atoms with Crippen LogP contribution >= 0.6 is 11.6 Å². The number of halogens is 2. The van der Waals surface area contributed by atoms with Crippen molar-refractivity contribution in [2.24, 2.45) is 5.41 Å². The van der Waals surface area contributed by atoms with Gasteiger partial charge in [0.05, 0.1) is 24.1 Å². The second-order valence-corrected chi connectivity index (χ2v) is 10.5. The Morgan fingerprint density at radius 2 is 2.03 bits per heavy atom. The van der Waals surface area contributed by atoms with Crippen LogP contribution in [0, 0.1) is 5.41 Å². The molecule has 0 bridgehead atoms. The van der Waals surface area contributed by atoms with Crippen LogP contribution in [-0.4, -0.2) is 52.7 Å². The molecule has 0 amide bonds. The fraction of sp³-hybridized carbons (Fsp3) is 0.483. The monoisotopic (exact) mass is 527 g/mol. The lowest BCUT2D eigenvalue weighted by Crippen LogP contribution is -2.41. The second-order valence-electron chi connectivity index (χ2n) is 10.1. The number of benzene rings is 1. The third kappa shape index (κ3) is 7.17. The number of ether oxygens (including phenoxy) is 1. The summed E-state index contributed by atoms with van der Waals surface area (Å²) in [4.78, 5) is 22.9. The van der Waals surface area contributed by atoms with Gasteiger partial charge < -0.3 is 14.7 Å². The highest BCUT2D eigenvalue weighted by molar-refractivity contribution is 6.32. The topological polar surface area (TPSA) is 75.6 Å². The molecular formula is C29H35ClFN3O3. The third-order valence-corrected chi connectivity index (χ3v) is 7.94. The standard InChI is InChI=1S/C29H35ClFN3O3/c1-37-22-8-9-26-23(18-22)28(24(30)20-33-26)25(31)10-11-29(19-27(35)36)12-16-34(17-13-29)15-5-3-7-21-6-2-4-14-32-21/h2,4,6,8-9,14,18,20,25H,3,5,7,10-13,15-17,19H2,1H3,(H,35,36). The van der Waals surface area contributed by atoms with Crippen LogP contribution < -0.4 is 4.74 Å². The van der Waals surface area contributed by atoms with Crippen molar-refractivity contribution >= 4 is 28.5 Å². The van der Waals surface area contributed by atoms with E-state index in [-0.39, 0.29) is 17.9 Å². The molecule has 198 valence electrons. The number of nitrogens with zero attached hydrogens (tertiary/aromatic N) is 3. The van der Waals surface area contributed by atoms with Crippen LogP contribution in [-0.2, 0) is 11.2 Å². The molecule has 1 aliphatic heterocycles. The lowest BCUT2D eigenvalue weighted by molar-refractivity contribution is -0.141. The van der Waals surface area contributed by atoms with Gasteiger partial charge >= 0.3 is 5.97 Å². The molecule has 1 saturated heterocycles. The Hall–Kier alpha value is -2.77. The van der Waals surface area contributed by atoms with Gasteiger partial charge in [-0.3, -0.25) is 14.8 Å². The number of piperidine rings is 1. The summed E-state index contributed by atoms with van der Waals surface area (Å²) in [5.41, 5.74) is 1.76. The van der Waals surface area contributed by atoms with E-state index >= 15 is 4.39 Å². The van der Waals surface area contributed by atoms with Gasteiger partial charge in [-0.25, -0.2) is 4.39 Å². The number of unbranched alkanes of at least 4 members (excludes halogenated alkanes) is 1. The van der Waals surface area contributed by atoms with Gasteiger partial charge in [-0.15, -0.1) is 0 Å². The van der Waals surface area contributed by atoms with E-state index in [1.54, 1.807) is 25.3 Å². The van der Waals surface area contributed by atoms with E-state index in [0.717, 1.165) is 57.4 Å². The van der Waals surface area contributed by atoms with Gasteiger partial charge in [0.1, 0.15) is 11.9 Å². The van der Waals surface area contributed by atoms with Crippen molar-refractivity contribution in [2.45, 2.75) is 57.5 Å². The number of likely N-dealkylation sites (tertiary alicyclic amines) is 1. The number of aryl methyl sites for hydroxylation is 1. The van der Waals surface area contributed by atoms with Crippen LogP contribution in [0.4, 0.5) is 4.39 Å². The third-order valence-electron chi connectivity index (χ3n) is 7.64. The normalized spacial score (nSPS) is 16.5. The number of methoxy groups -OCH3 is 1. The average Bonchev–Trinajstić information content (AvgIpc) is 2.90. The fourth-order valence-corrected chi connectivity index (χ4v) is 5.73. The van der Waals surface area contributed by atoms with E-state index < -0.39 is 17.6 Å². The number of aliphatic carboxylic acids is 1. The van der Waals surface area contributed by atoms with Gasteiger partial charge in [-0.2, -0.15) is 0 Å². The van der Waals surface area contributed by atoms with Gasteiger partial charge in [0.2, 0.25) is 0 Å². The molecule has 4 rings (SSSR count). The number of aromatic nitrogens is 2. The van der Waals surface area contributed by atoms with Gasteiger partial charge in [-0.1, -0.05) is 17.7 Å². The lowest BCUT2D eigenvalue weighted by Gasteiger charge is -2.41. The van der Waals surface area contributed by atoms with Crippen molar-refractivity contribution in [3.8, 4) is 5.75 Å². The summed E-state index contributed by atoms with van der Waals surface area (Å²) in [6.07, 6.45) is 7.39. The molecule has 3 aromatic rings. The van der Waals surface area contributed by atoms with Crippen molar-refractivity contribution in [1.29, 1.82) is 0 Å². The van der Waals surface area contributed by atoms with Crippen LogP contribution in [0.3, 0.4) is 0 Å². The van der Waals surface area contributed by atoms with Crippen molar-refractivity contribution in [3.63, 3.8) is 0 Å². The second kappa shape index (κ2) is 12.7. The Morgan fingerprint density at radius 1 is 1.22 bits per heavy atom. The van der Waals surface area contributed by atoms with Crippen LogP contribution in [0.15, 0.2) is 48.8 Å². The highest BCUT2D eigenvalue weighted by Crippen LogP contribution is 2.44. The highest BCUT2D eigenvalue weighted by Gasteiger charge is 2.37. The number of carbonyl (C=O) groups is 1. The SMILES string of the molecule is COc1ccc2ncc(Cl)c(C(F)CCC3(CC(=O)O)CCN(CCCCc4ccccn4)CC3)c2c1. The predicted molar refractivity (Wildman–Crippen MR) is 144 cm³/mol. The van der Waals surface area contributed by atoms with Crippen molar-refractivity contribution in [1.82, 2.24) is 14.9 Å². The minimum Gasteiger partial charge on any atom is -0.497 e. The number of carboxylic acids is 1. The minimum atomic E-state index is -1.32. The maximum Gasteiger partial charge on any atom is 0.303 e. The smallest absolute Gasteiger partial charge is 0.303 e. The van der Waals surface area contributed by atoms with E-state index in [1.165, 1.54) is 6.20 Å². The van der Waals surface area contributed by atoms with Gasteiger partial charge in [0, 0.05) is 29.0 Å². The lowest BCUT2D eigenvalue weighted by atomic mass is 9.71. The van der Waals surface area contributed by atoms with Crippen molar-refractivity contribution < 1.29 is 19.0 Å². The Morgan fingerprint density at radius 3 is 2.73 bits per heavy atom. The molecule has 8 heteroatoms. The summed E-state index contributed by atoms with van der Waals surface area (Å²) < 4.78 is 21.0. The maximum absolute atomic E-state index is 15.7. The summed E-state index contributed by atoms with van der Waals surface area (Å²) in [5, 5.41) is 10.6. The van der Waals surface area contributed by atoms with E-state index in [4.69, 9.17) is 16.3 Å². The Kier molecular flexibility index (Phi) is 9.33. The molecule has 0 saturated carbocycles. The summed E-state index contributed by atoms with van der Waals surface area (Å²) >= 11 is 6.40. The first kappa shape index (κ1) is 27.3. The molecule has 3 heterocycles. The number of pyridine rings is 2. The molecule has 1 fully saturated rings. The number of rotatable bonds is 12. The van der Waals surface area contributed by atoms with Gasteiger partial charge in [0.25, 0.3) is 0 Å². The summed E-state index contributed by atoms with van der Waals surface area (Å²) in [6, 6.07) is 11.3. The summed E-state index contributed by atoms with van der Waals surface area (Å²) in [6.45, 7) is 2.66. The number of fused-ring (bicyclic) bond motifs is 1. The molecule has 2 aromatic heterocycles. The van der Waals surface area contributed by atoms with E-state index in [2.05, 4.69) is 20.9 Å². The molecule has 0 aliphatic carbocycles. The summed E-state index contributed by atoms with van der Waals surface area (Å²) in [5.74, 6) is -0.212. The van der Waals surface area contributed by atoms with Crippen LogP contribution in [0.5, 0.6) is 5.75 Å². The number of hydrogen-bond acceptors (Lipinski definition) is 5.